The largest absolute Gasteiger partial charge is 0.480 e. The second kappa shape index (κ2) is 16.7. The van der Waals surface area contributed by atoms with Crippen LogP contribution in [0.1, 0.15) is 101 Å². The van der Waals surface area contributed by atoms with E-state index in [2.05, 4.69) is 6.92 Å². The Bertz CT molecular complexity index is 763. The molecule has 1 N–H and O–H groups in total. The molecule has 186 valence electrons. The number of hydrogen-bond donors (Lipinski definition) is 1. The Balaban J connectivity index is 2.36. The molecule has 0 bridgehead atoms. The number of carbonyl (C=O) groups is 3. The molecule has 5 nitrogen and oxygen atoms in total. The van der Waals surface area contributed by atoms with Gasteiger partial charge in [-0.25, -0.2) is 0 Å². The van der Waals surface area contributed by atoms with E-state index < -0.39 is 12.5 Å². The minimum absolute atomic E-state index is 0.00670. The predicted octanol–water partition coefficient (Wildman–Crippen LogP) is 6.99. The second-order valence-corrected chi connectivity index (χ2v) is 10.0. The van der Waals surface area contributed by atoms with Gasteiger partial charge in [-0.05, 0) is 43.9 Å². The number of nitrogens with zero attached hydrogens (tertiary/aromatic N) is 1. The highest BCUT2D eigenvalue weighted by molar-refractivity contribution is 8.14. The lowest BCUT2D eigenvalue weighted by molar-refractivity contribution is -0.136. The zero-order valence-electron chi connectivity index (χ0n) is 21.1. The van der Waals surface area contributed by atoms with Crippen LogP contribution in [0.5, 0.6) is 0 Å². The summed E-state index contributed by atoms with van der Waals surface area (Å²) in [6, 6.07) is 3.86. The molecule has 0 aliphatic heterocycles. The molecule has 0 atom stereocenters. The fourth-order valence-corrected chi connectivity index (χ4v) is 4.73. The van der Waals surface area contributed by atoms with Crippen molar-refractivity contribution in [2.75, 3.05) is 17.2 Å². The molecule has 0 aliphatic rings. The Morgan fingerprint density at radius 2 is 1.33 bits per heavy atom. The first kappa shape index (κ1) is 29.2. The van der Waals surface area contributed by atoms with Crippen LogP contribution in [0, 0.1) is 20.8 Å². The number of anilines is 1. The van der Waals surface area contributed by atoms with E-state index in [9.17, 15) is 19.5 Å². The normalized spacial score (nSPS) is 10.9. The van der Waals surface area contributed by atoms with Crippen molar-refractivity contribution in [1.29, 1.82) is 0 Å². The topological polar surface area (TPSA) is 74.7 Å². The molecular formula is C27H43NO4S. The highest BCUT2D eigenvalue weighted by Crippen LogP contribution is 2.28. The molecule has 1 aromatic rings. The van der Waals surface area contributed by atoms with Crippen molar-refractivity contribution in [3.8, 4) is 0 Å². The lowest BCUT2D eigenvalue weighted by atomic mass is 10.0. The van der Waals surface area contributed by atoms with Crippen molar-refractivity contribution >= 4 is 34.4 Å². The molecule has 0 fully saturated rings. The highest BCUT2D eigenvalue weighted by atomic mass is 32.2. The van der Waals surface area contributed by atoms with E-state index in [1.165, 1.54) is 56.3 Å². The Hall–Kier alpha value is -1.82. The molecule has 1 rings (SSSR count). The molecule has 1 aromatic carbocycles. The van der Waals surface area contributed by atoms with E-state index in [0.29, 0.717) is 12.1 Å². The van der Waals surface area contributed by atoms with Crippen LogP contribution in [0.15, 0.2) is 12.1 Å². The van der Waals surface area contributed by atoms with Gasteiger partial charge in [0.2, 0.25) is 5.91 Å². The zero-order chi connectivity index (χ0) is 24.6. The van der Waals surface area contributed by atoms with Crippen LogP contribution >= 0.6 is 11.8 Å². The van der Waals surface area contributed by atoms with Crippen LogP contribution in [0.25, 0.3) is 0 Å². The SMILES string of the molecule is CCCCCCCCCCCCCC(=O)SCC(=O)N(CC(=O)O)c1c(C)ccc(C)c1C. The average molecular weight is 478 g/mol. The molecular weight excluding hydrogens is 434 g/mol. The van der Waals surface area contributed by atoms with Gasteiger partial charge in [0, 0.05) is 6.42 Å². The number of carboxylic acid groups (broad SMARTS) is 1. The monoisotopic (exact) mass is 477 g/mol. The Labute approximate surface area is 204 Å². The summed E-state index contributed by atoms with van der Waals surface area (Å²) in [7, 11) is 0. The Morgan fingerprint density at radius 1 is 0.818 bits per heavy atom. The summed E-state index contributed by atoms with van der Waals surface area (Å²) in [6.07, 6.45) is 14.0. The molecule has 33 heavy (non-hydrogen) atoms. The molecule has 0 heterocycles. The van der Waals surface area contributed by atoms with E-state index in [4.69, 9.17) is 0 Å². The number of amides is 1. The maximum atomic E-state index is 12.8. The van der Waals surface area contributed by atoms with E-state index in [0.717, 1.165) is 47.7 Å². The summed E-state index contributed by atoms with van der Waals surface area (Å²) < 4.78 is 0. The standard InChI is InChI=1S/C27H43NO4S/c1-5-6-7-8-9-10-11-12-13-14-15-16-26(32)33-20-24(29)28(19-25(30)31)27-22(3)18-17-21(2)23(27)4/h17-18H,5-16,19-20H2,1-4H3,(H,30,31). The molecule has 0 saturated heterocycles. The van der Waals surface area contributed by atoms with Crippen LogP contribution in [0.4, 0.5) is 5.69 Å². The molecule has 6 heteroatoms. The number of carboxylic acids is 1. The Morgan fingerprint density at radius 3 is 1.88 bits per heavy atom. The lowest BCUT2D eigenvalue weighted by Gasteiger charge is -2.25. The first-order valence-corrected chi connectivity index (χ1v) is 13.5. The molecule has 0 spiro atoms. The fraction of sp³-hybridized carbons (Fsp3) is 0.667. The van der Waals surface area contributed by atoms with E-state index in [-0.39, 0.29) is 16.8 Å². The maximum absolute atomic E-state index is 12.8. The number of carbonyl (C=O) groups excluding carboxylic acids is 2. The van der Waals surface area contributed by atoms with Crippen molar-refractivity contribution in [1.82, 2.24) is 0 Å². The summed E-state index contributed by atoms with van der Waals surface area (Å²) in [5, 5.41) is 9.33. The van der Waals surface area contributed by atoms with Crippen molar-refractivity contribution in [2.45, 2.75) is 105 Å². The first-order chi connectivity index (χ1) is 15.8. The zero-order valence-corrected chi connectivity index (χ0v) is 21.9. The number of rotatable bonds is 17. The van der Waals surface area contributed by atoms with Crippen molar-refractivity contribution in [2.24, 2.45) is 0 Å². The van der Waals surface area contributed by atoms with Gasteiger partial charge in [0.1, 0.15) is 6.54 Å². The molecule has 0 aliphatic carbocycles. The smallest absolute Gasteiger partial charge is 0.323 e. The van der Waals surface area contributed by atoms with Crippen molar-refractivity contribution < 1.29 is 19.5 Å². The summed E-state index contributed by atoms with van der Waals surface area (Å²) >= 11 is 1.01. The van der Waals surface area contributed by atoms with Gasteiger partial charge >= 0.3 is 5.97 Å². The van der Waals surface area contributed by atoms with Crippen LogP contribution in [0.2, 0.25) is 0 Å². The lowest BCUT2D eigenvalue weighted by Crippen LogP contribution is -2.38. The van der Waals surface area contributed by atoms with Gasteiger partial charge in [0.05, 0.1) is 11.4 Å². The molecule has 0 aromatic heterocycles. The molecule has 0 saturated carbocycles. The van der Waals surface area contributed by atoms with E-state index in [1.54, 1.807) is 0 Å². The van der Waals surface area contributed by atoms with Crippen molar-refractivity contribution in [3.63, 3.8) is 0 Å². The van der Waals surface area contributed by atoms with Gasteiger partial charge in [-0.2, -0.15) is 0 Å². The number of hydrogen-bond acceptors (Lipinski definition) is 4. The maximum Gasteiger partial charge on any atom is 0.323 e. The molecule has 0 radical (unpaired) electrons. The summed E-state index contributed by atoms with van der Waals surface area (Å²) in [6.45, 7) is 7.53. The second-order valence-electron chi connectivity index (χ2n) is 8.99. The van der Waals surface area contributed by atoms with Crippen LogP contribution in [-0.4, -0.2) is 34.4 Å². The number of aliphatic carboxylic acids is 1. The third-order valence-electron chi connectivity index (χ3n) is 6.11. The van der Waals surface area contributed by atoms with Crippen molar-refractivity contribution in [3.05, 3.63) is 28.8 Å². The van der Waals surface area contributed by atoms with Gasteiger partial charge in [-0.15, -0.1) is 0 Å². The fourth-order valence-electron chi connectivity index (χ4n) is 4.00. The van der Waals surface area contributed by atoms with E-state index in [1.807, 2.05) is 32.9 Å². The minimum Gasteiger partial charge on any atom is -0.480 e. The van der Waals surface area contributed by atoms with Crippen LogP contribution in [-0.2, 0) is 14.4 Å². The first-order valence-electron chi connectivity index (χ1n) is 12.5. The summed E-state index contributed by atoms with van der Waals surface area (Å²) in [5.41, 5.74) is 3.38. The number of thioether (sulfide) groups is 1. The predicted molar refractivity (Wildman–Crippen MR) is 139 cm³/mol. The summed E-state index contributed by atoms with van der Waals surface area (Å²) in [4.78, 5) is 37.8. The molecule has 0 unspecified atom stereocenters. The third-order valence-corrected chi connectivity index (χ3v) is 7.03. The number of aryl methyl sites for hydroxylation is 2. The van der Waals surface area contributed by atoms with Gasteiger partial charge in [0.15, 0.2) is 5.12 Å². The van der Waals surface area contributed by atoms with Crippen LogP contribution < -0.4 is 4.90 Å². The van der Waals surface area contributed by atoms with Gasteiger partial charge in [-0.1, -0.05) is 95.0 Å². The van der Waals surface area contributed by atoms with Gasteiger partial charge < -0.3 is 5.11 Å². The third kappa shape index (κ3) is 11.7. The number of benzene rings is 1. The Kier molecular flexibility index (Phi) is 14.8. The molecule has 1 amide bonds. The number of unbranched alkanes of at least 4 members (excludes halogenated alkanes) is 10. The average Bonchev–Trinajstić information content (AvgIpc) is 2.77. The summed E-state index contributed by atoms with van der Waals surface area (Å²) in [5.74, 6) is -1.44. The van der Waals surface area contributed by atoms with Gasteiger partial charge in [0.25, 0.3) is 0 Å². The van der Waals surface area contributed by atoms with Crippen LogP contribution in [0.3, 0.4) is 0 Å². The quantitative estimate of drug-likeness (QED) is 0.245. The minimum atomic E-state index is -1.07. The van der Waals surface area contributed by atoms with E-state index >= 15 is 0 Å². The van der Waals surface area contributed by atoms with Gasteiger partial charge in [-0.3, -0.25) is 19.3 Å². The highest BCUT2D eigenvalue weighted by Gasteiger charge is 2.23.